The number of rotatable bonds is 9. The van der Waals surface area contributed by atoms with Gasteiger partial charge in [0.25, 0.3) is 0 Å². The lowest BCUT2D eigenvalue weighted by Crippen LogP contribution is -2.40. The largest absolute Gasteiger partial charge is 0.444 e. The van der Waals surface area contributed by atoms with Gasteiger partial charge in [0.1, 0.15) is 11.9 Å². The van der Waals surface area contributed by atoms with Crippen LogP contribution in [0.2, 0.25) is 0 Å². The van der Waals surface area contributed by atoms with Crippen molar-refractivity contribution in [1.82, 2.24) is 4.90 Å². The van der Waals surface area contributed by atoms with Crippen LogP contribution in [0.15, 0.2) is 30.3 Å². The summed E-state index contributed by atoms with van der Waals surface area (Å²) in [6.45, 7) is 8.99. The molecule has 0 fully saturated rings. The Morgan fingerprint density at radius 2 is 1.92 bits per heavy atom. The van der Waals surface area contributed by atoms with Crippen molar-refractivity contribution >= 4 is 24.1 Å². The Labute approximate surface area is 149 Å². The van der Waals surface area contributed by atoms with Crippen LogP contribution in [0.1, 0.15) is 45.6 Å². The van der Waals surface area contributed by atoms with E-state index in [1.165, 1.54) is 5.56 Å². The highest BCUT2D eigenvalue weighted by Crippen LogP contribution is 2.18. The van der Waals surface area contributed by atoms with E-state index in [4.69, 9.17) is 4.74 Å². The van der Waals surface area contributed by atoms with E-state index in [9.17, 15) is 9.59 Å². The molecule has 0 unspecified atom stereocenters. The van der Waals surface area contributed by atoms with Gasteiger partial charge in [-0.25, -0.2) is 4.79 Å². The second-order valence-corrected chi connectivity index (χ2v) is 8.03. The third-order valence-electron chi connectivity index (χ3n) is 3.40. The normalized spacial score (nSPS) is 12.5. The zero-order chi connectivity index (χ0) is 18.0. The third kappa shape index (κ3) is 8.39. The van der Waals surface area contributed by atoms with Gasteiger partial charge < -0.3 is 14.4 Å². The molecule has 0 bridgehead atoms. The molecule has 0 heterocycles. The minimum absolute atomic E-state index is 0.235. The van der Waals surface area contributed by atoms with Crippen LogP contribution in [0.25, 0.3) is 0 Å². The zero-order valence-electron chi connectivity index (χ0n) is 15.2. The number of thioether (sulfide) groups is 1. The number of carbonyl (C=O) groups is 2. The number of carbonyl (C=O) groups excluding carboxylic acids is 2. The average Bonchev–Trinajstić information content (AvgIpc) is 2.52. The Morgan fingerprint density at radius 1 is 1.25 bits per heavy atom. The van der Waals surface area contributed by atoms with Crippen molar-refractivity contribution in [2.75, 3.05) is 24.6 Å². The molecule has 0 radical (unpaired) electrons. The van der Waals surface area contributed by atoms with Crippen molar-refractivity contribution in [2.45, 2.75) is 45.6 Å². The molecule has 24 heavy (non-hydrogen) atoms. The third-order valence-corrected chi connectivity index (χ3v) is 4.40. The number of nitrogens with zero attached hydrogens (tertiary/aromatic N) is 1. The first-order valence-electron chi connectivity index (χ1n) is 8.37. The Balaban J connectivity index is 2.65. The van der Waals surface area contributed by atoms with Gasteiger partial charge in [0.15, 0.2) is 0 Å². The standard InChI is InChI=1S/C19H29NO3S/c1-16(17-9-6-5-7-10-17)15-20(11-14-24-13-8-12-21)18(22)23-19(2,3)4/h5-7,9-10,12,16H,8,11,13-15H2,1-4H3/t16-/m1/s1. The van der Waals surface area contributed by atoms with Crippen LogP contribution in [-0.4, -0.2) is 47.5 Å². The molecule has 0 saturated heterocycles. The first-order valence-corrected chi connectivity index (χ1v) is 9.53. The summed E-state index contributed by atoms with van der Waals surface area (Å²) in [5.41, 5.74) is 0.704. The van der Waals surface area contributed by atoms with Gasteiger partial charge in [-0.05, 0) is 38.0 Å². The van der Waals surface area contributed by atoms with Crippen LogP contribution in [0, 0.1) is 0 Å². The summed E-state index contributed by atoms with van der Waals surface area (Å²) in [6.07, 6.45) is 1.20. The minimum Gasteiger partial charge on any atom is -0.444 e. The summed E-state index contributed by atoms with van der Waals surface area (Å²) in [4.78, 5) is 24.6. The Hall–Kier alpha value is -1.49. The highest BCUT2D eigenvalue weighted by molar-refractivity contribution is 7.99. The molecular weight excluding hydrogens is 322 g/mol. The molecule has 0 N–H and O–H groups in total. The van der Waals surface area contributed by atoms with Gasteiger partial charge in [0, 0.05) is 25.3 Å². The molecule has 1 atom stereocenters. The predicted molar refractivity (Wildman–Crippen MR) is 101 cm³/mol. The molecule has 1 amide bonds. The first-order chi connectivity index (χ1) is 11.3. The molecule has 0 aliphatic rings. The van der Waals surface area contributed by atoms with E-state index >= 15 is 0 Å². The van der Waals surface area contributed by atoms with Gasteiger partial charge in [-0.3, -0.25) is 0 Å². The van der Waals surface area contributed by atoms with E-state index in [-0.39, 0.29) is 12.0 Å². The van der Waals surface area contributed by atoms with E-state index in [0.717, 1.165) is 17.8 Å². The van der Waals surface area contributed by atoms with Crippen LogP contribution in [0.3, 0.4) is 0 Å². The second kappa shape index (κ2) is 10.4. The number of hydrogen-bond acceptors (Lipinski definition) is 4. The molecule has 0 saturated carbocycles. The second-order valence-electron chi connectivity index (χ2n) is 6.81. The maximum atomic E-state index is 12.5. The Kier molecular flexibility index (Phi) is 8.90. The van der Waals surface area contributed by atoms with Gasteiger partial charge in [-0.1, -0.05) is 37.3 Å². The van der Waals surface area contributed by atoms with Crippen LogP contribution in [0.5, 0.6) is 0 Å². The van der Waals surface area contributed by atoms with Gasteiger partial charge in [0.05, 0.1) is 0 Å². The maximum Gasteiger partial charge on any atom is 0.410 e. The summed E-state index contributed by atoms with van der Waals surface area (Å²) < 4.78 is 5.54. The summed E-state index contributed by atoms with van der Waals surface area (Å²) in [6, 6.07) is 10.2. The van der Waals surface area contributed by atoms with Gasteiger partial charge in [0.2, 0.25) is 0 Å². The fourth-order valence-corrected chi connectivity index (χ4v) is 3.03. The summed E-state index contributed by atoms with van der Waals surface area (Å²) >= 11 is 1.68. The molecule has 0 spiro atoms. The van der Waals surface area contributed by atoms with Gasteiger partial charge in [-0.15, -0.1) is 0 Å². The van der Waals surface area contributed by atoms with Crippen molar-refractivity contribution in [3.05, 3.63) is 35.9 Å². The van der Waals surface area contributed by atoms with Crippen LogP contribution in [-0.2, 0) is 9.53 Å². The van der Waals surface area contributed by atoms with E-state index < -0.39 is 5.60 Å². The number of amides is 1. The van der Waals surface area contributed by atoms with Crippen molar-refractivity contribution < 1.29 is 14.3 Å². The van der Waals surface area contributed by atoms with E-state index in [2.05, 4.69) is 19.1 Å². The topological polar surface area (TPSA) is 46.6 Å². The molecule has 0 aliphatic heterocycles. The number of hydrogen-bond donors (Lipinski definition) is 0. The number of aldehydes is 1. The number of benzene rings is 1. The zero-order valence-corrected chi connectivity index (χ0v) is 16.0. The fourth-order valence-electron chi connectivity index (χ4n) is 2.21. The van der Waals surface area contributed by atoms with Gasteiger partial charge in [-0.2, -0.15) is 11.8 Å². The Bertz CT molecular complexity index is 499. The number of ether oxygens (including phenoxy) is 1. The molecule has 0 aliphatic carbocycles. The molecule has 1 aromatic rings. The van der Waals surface area contributed by atoms with Crippen molar-refractivity contribution in [1.29, 1.82) is 0 Å². The minimum atomic E-state index is -0.504. The van der Waals surface area contributed by atoms with Gasteiger partial charge >= 0.3 is 6.09 Å². The van der Waals surface area contributed by atoms with Crippen LogP contribution >= 0.6 is 11.8 Å². The van der Waals surface area contributed by atoms with E-state index in [0.29, 0.717) is 19.5 Å². The summed E-state index contributed by atoms with van der Waals surface area (Å²) in [7, 11) is 0. The SMILES string of the molecule is C[C@H](CN(CCSCCC=O)C(=O)OC(C)(C)C)c1ccccc1. The van der Waals surface area contributed by atoms with Crippen LogP contribution in [0.4, 0.5) is 4.79 Å². The molecular formula is C19H29NO3S. The monoisotopic (exact) mass is 351 g/mol. The summed E-state index contributed by atoms with van der Waals surface area (Å²) in [5, 5.41) is 0. The lowest BCUT2D eigenvalue weighted by atomic mass is 10.0. The van der Waals surface area contributed by atoms with E-state index in [1.807, 2.05) is 39.0 Å². The maximum absolute atomic E-state index is 12.5. The van der Waals surface area contributed by atoms with Crippen LogP contribution < -0.4 is 0 Å². The predicted octanol–water partition coefficient (Wildman–Crippen LogP) is 4.35. The smallest absolute Gasteiger partial charge is 0.410 e. The quantitative estimate of drug-likeness (QED) is 0.490. The lowest BCUT2D eigenvalue weighted by Gasteiger charge is -2.29. The van der Waals surface area contributed by atoms with Crippen molar-refractivity contribution in [3.63, 3.8) is 0 Å². The Morgan fingerprint density at radius 3 is 2.50 bits per heavy atom. The van der Waals surface area contributed by atoms with Crippen molar-refractivity contribution in [2.24, 2.45) is 0 Å². The molecule has 0 aromatic heterocycles. The lowest BCUT2D eigenvalue weighted by molar-refractivity contribution is -0.107. The molecule has 134 valence electrons. The average molecular weight is 352 g/mol. The highest BCUT2D eigenvalue weighted by atomic mass is 32.2. The first kappa shape index (κ1) is 20.6. The molecule has 1 rings (SSSR count). The molecule has 5 heteroatoms. The fraction of sp³-hybridized carbons (Fsp3) is 0.579. The van der Waals surface area contributed by atoms with Crippen molar-refractivity contribution in [3.8, 4) is 0 Å². The molecule has 4 nitrogen and oxygen atoms in total. The molecule has 1 aromatic carbocycles. The van der Waals surface area contributed by atoms with E-state index in [1.54, 1.807) is 16.7 Å². The summed E-state index contributed by atoms with van der Waals surface area (Å²) in [5.74, 6) is 1.83. The highest BCUT2D eigenvalue weighted by Gasteiger charge is 2.23.